The Labute approximate surface area is 144 Å². The van der Waals surface area contributed by atoms with Crippen LogP contribution in [-0.4, -0.2) is 41.4 Å². The Morgan fingerprint density at radius 3 is 2.76 bits per heavy atom. The van der Waals surface area contributed by atoms with E-state index in [0.29, 0.717) is 24.6 Å². The highest BCUT2D eigenvalue weighted by atomic mass is 32.2. The summed E-state index contributed by atoms with van der Waals surface area (Å²) in [6, 6.07) is 3.73. The third kappa shape index (κ3) is 3.69. The van der Waals surface area contributed by atoms with Crippen LogP contribution < -0.4 is 5.32 Å². The fourth-order valence-corrected chi connectivity index (χ4v) is 4.39. The van der Waals surface area contributed by atoms with E-state index in [-0.39, 0.29) is 18.0 Å². The van der Waals surface area contributed by atoms with Crippen molar-refractivity contribution in [2.45, 2.75) is 37.2 Å². The van der Waals surface area contributed by atoms with Gasteiger partial charge in [-0.1, -0.05) is 5.16 Å². The van der Waals surface area contributed by atoms with E-state index in [0.717, 1.165) is 16.4 Å². The molecule has 134 valence electrons. The minimum absolute atomic E-state index is 0.0395. The van der Waals surface area contributed by atoms with Gasteiger partial charge in [-0.3, -0.25) is 4.79 Å². The van der Waals surface area contributed by atoms with Crippen molar-refractivity contribution in [2.75, 3.05) is 6.54 Å². The minimum atomic E-state index is -3.87. The highest BCUT2D eigenvalue weighted by Crippen LogP contribution is 2.26. The van der Waals surface area contributed by atoms with Gasteiger partial charge in [-0.15, -0.1) is 0 Å². The van der Waals surface area contributed by atoms with Crippen LogP contribution in [0.5, 0.6) is 0 Å². The number of amides is 1. The number of halogens is 1. The monoisotopic (exact) mass is 368 g/mol. The molecule has 1 saturated heterocycles. The number of sulfonamides is 1. The van der Waals surface area contributed by atoms with Crippen molar-refractivity contribution in [2.24, 2.45) is 0 Å². The van der Waals surface area contributed by atoms with Crippen LogP contribution in [0.4, 0.5) is 4.39 Å². The van der Waals surface area contributed by atoms with Crippen molar-refractivity contribution in [3.63, 3.8) is 0 Å². The molecule has 25 heavy (non-hydrogen) atoms. The average molecular weight is 368 g/mol. The second kappa shape index (κ2) is 6.89. The summed E-state index contributed by atoms with van der Waals surface area (Å²) in [6.45, 7) is 1.92. The van der Waals surface area contributed by atoms with Crippen LogP contribution in [0.15, 0.2) is 33.7 Å². The normalized spacial score (nSPS) is 18.4. The number of carbonyl (C=O) groups excluding carboxylic acids is 1. The Hall–Kier alpha value is -2.33. The van der Waals surface area contributed by atoms with Gasteiger partial charge in [0.2, 0.25) is 21.8 Å². The highest BCUT2D eigenvalue weighted by molar-refractivity contribution is 7.89. The predicted octanol–water partition coefficient (Wildman–Crippen LogP) is 0.987. The lowest BCUT2D eigenvalue weighted by molar-refractivity contribution is -0.124. The van der Waals surface area contributed by atoms with E-state index >= 15 is 0 Å². The quantitative estimate of drug-likeness (QED) is 0.844. The van der Waals surface area contributed by atoms with Crippen molar-refractivity contribution >= 4 is 15.9 Å². The number of nitrogens with zero attached hydrogens (tertiary/aromatic N) is 3. The summed E-state index contributed by atoms with van der Waals surface area (Å²) in [7, 11) is -3.87. The second-order valence-electron chi connectivity index (χ2n) is 5.68. The first-order valence-corrected chi connectivity index (χ1v) is 9.16. The molecule has 1 amide bonds. The largest absolute Gasteiger partial charge is 0.347 e. The summed E-state index contributed by atoms with van der Waals surface area (Å²) in [5, 5.41) is 6.30. The third-order valence-corrected chi connectivity index (χ3v) is 5.84. The second-order valence-corrected chi connectivity index (χ2v) is 7.57. The molecular weight excluding hydrogens is 351 g/mol. The standard InChI is InChI=1S/C15H17FN4O4S/c1-10-18-14(19-24-10)9-17-15(21)13-3-2-8-20(13)25(22,23)12-6-4-11(16)5-7-12/h4-7,13H,2-3,8-9H2,1H3,(H,17,21). The molecule has 0 aliphatic carbocycles. The van der Waals surface area contributed by atoms with Crippen molar-refractivity contribution in [1.29, 1.82) is 0 Å². The van der Waals surface area contributed by atoms with Gasteiger partial charge in [0.05, 0.1) is 11.4 Å². The molecule has 3 rings (SSSR count). The van der Waals surface area contributed by atoms with E-state index in [1.165, 1.54) is 12.1 Å². The van der Waals surface area contributed by atoms with Crippen LogP contribution in [0, 0.1) is 12.7 Å². The summed E-state index contributed by atoms with van der Waals surface area (Å²) >= 11 is 0. The minimum Gasteiger partial charge on any atom is -0.347 e. The first-order valence-electron chi connectivity index (χ1n) is 7.72. The smallest absolute Gasteiger partial charge is 0.243 e. The van der Waals surface area contributed by atoms with Gasteiger partial charge in [-0.25, -0.2) is 12.8 Å². The van der Waals surface area contributed by atoms with Crippen LogP contribution >= 0.6 is 0 Å². The van der Waals surface area contributed by atoms with Crippen molar-refractivity contribution in [3.8, 4) is 0 Å². The molecule has 0 radical (unpaired) electrons. The number of nitrogens with one attached hydrogen (secondary N) is 1. The van der Waals surface area contributed by atoms with Crippen molar-refractivity contribution in [3.05, 3.63) is 41.8 Å². The molecule has 1 unspecified atom stereocenters. The summed E-state index contributed by atoms with van der Waals surface area (Å²) in [5.74, 6) is -0.252. The molecule has 8 nitrogen and oxygen atoms in total. The van der Waals surface area contributed by atoms with Gasteiger partial charge in [-0.2, -0.15) is 9.29 Å². The van der Waals surface area contributed by atoms with Gasteiger partial charge in [0.25, 0.3) is 0 Å². The number of aryl methyl sites for hydroxylation is 1. The zero-order valence-corrected chi connectivity index (χ0v) is 14.3. The van der Waals surface area contributed by atoms with E-state index in [4.69, 9.17) is 4.52 Å². The van der Waals surface area contributed by atoms with Crippen LogP contribution in [0.25, 0.3) is 0 Å². The Balaban J connectivity index is 1.72. The van der Waals surface area contributed by atoms with Gasteiger partial charge in [0, 0.05) is 13.5 Å². The molecule has 1 fully saturated rings. The van der Waals surface area contributed by atoms with Crippen molar-refractivity contribution < 1.29 is 22.1 Å². The van der Waals surface area contributed by atoms with Crippen LogP contribution in [0.3, 0.4) is 0 Å². The van der Waals surface area contributed by atoms with Crippen LogP contribution in [0.1, 0.15) is 24.6 Å². The summed E-state index contributed by atoms with van der Waals surface area (Å²) in [4.78, 5) is 16.3. The summed E-state index contributed by atoms with van der Waals surface area (Å²) in [6.07, 6.45) is 0.983. The van der Waals surface area contributed by atoms with Crippen LogP contribution in [-0.2, 0) is 21.4 Å². The first-order chi connectivity index (χ1) is 11.9. The lowest BCUT2D eigenvalue weighted by Crippen LogP contribution is -2.45. The molecule has 1 aromatic heterocycles. The van der Waals surface area contributed by atoms with Crippen LogP contribution in [0.2, 0.25) is 0 Å². The average Bonchev–Trinajstić information content (AvgIpc) is 3.22. The molecule has 10 heteroatoms. The van der Waals surface area contributed by atoms with E-state index in [1.54, 1.807) is 6.92 Å². The molecular formula is C15H17FN4O4S. The Bertz CT molecular complexity index is 866. The van der Waals surface area contributed by atoms with E-state index < -0.39 is 27.8 Å². The molecule has 1 aliphatic rings. The Morgan fingerprint density at radius 2 is 2.12 bits per heavy atom. The molecule has 1 N–H and O–H groups in total. The molecule has 1 aliphatic heterocycles. The van der Waals surface area contributed by atoms with E-state index in [2.05, 4.69) is 15.5 Å². The van der Waals surface area contributed by atoms with E-state index in [9.17, 15) is 17.6 Å². The number of hydrogen-bond donors (Lipinski definition) is 1. The summed E-state index contributed by atoms with van der Waals surface area (Å²) in [5.41, 5.74) is 0. The number of hydrogen-bond acceptors (Lipinski definition) is 6. The maximum absolute atomic E-state index is 13.0. The molecule has 0 bridgehead atoms. The molecule has 1 aromatic carbocycles. The summed E-state index contributed by atoms with van der Waals surface area (Å²) < 4.78 is 44.4. The number of aromatic nitrogens is 2. The molecule has 2 aromatic rings. The zero-order chi connectivity index (χ0) is 18.0. The zero-order valence-electron chi connectivity index (χ0n) is 13.5. The molecule has 0 spiro atoms. The molecule has 2 heterocycles. The molecule has 0 saturated carbocycles. The SMILES string of the molecule is Cc1nc(CNC(=O)C2CCCN2S(=O)(=O)c2ccc(F)cc2)no1. The van der Waals surface area contributed by atoms with Gasteiger partial charge >= 0.3 is 0 Å². The lowest BCUT2D eigenvalue weighted by Gasteiger charge is -2.23. The Kier molecular flexibility index (Phi) is 4.82. The van der Waals surface area contributed by atoms with Gasteiger partial charge in [-0.05, 0) is 37.1 Å². The van der Waals surface area contributed by atoms with Crippen molar-refractivity contribution in [1.82, 2.24) is 19.8 Å². The maximum atomic E-state index is 13.0. The lowest BCUT2D eigenvalue weighted by atomic mass is 10.2. The van der Waals surface area contributed by atoms with Gasteiger partial charge in [0.1, 0.15) is 11.9 Å². The number of rotatable bonds is 5. The van der Waals surface area contributed by atoms with E-state index in [1.807, 2.05) is 0 Å². The highest BCUT2D eigenvalue weighted by Gasteiger charge is 2.39. The topological polar surface area (TPSA) is 105 Å². The maximum Gasteiger partial charge on any atom is 0.243 e. The number of carbonyl (C=O) groups is 1. The third-order valence-electron chi connectivity index (χ3n) is 3.92. The fraction of sp³-hybridized carbons (Fsp3) is 0.400. The van der Waals surface area contributed by atoms with Gasteiger partial charge < -0.3 is 9.84 Å². The fourth-order valence-electron chi connectivity index (χ4n) is 2.73. The predicted molar refractivity (Wildman–Crippen MR) is 84.2 cm³/mol. The molecule has 1 atom stereocenters. The Morgan fingerprint density at radius 1 is 1.40 bits per heavy atom. The van der Waals surface area contributed by atoms with Gasteiger partial charge in [0.15, 0.2) is 5.82 Å². The number of benzene rings is 1. The first kappa shape index (κ1) is 17.5.